The van der Waals surface area contributed by atoms with Crippen molar-refractivity contribution in [1.82, 2.24) is 14.1 Å². The summed E-state index contributed by atoms with van der Waals surface area (Å²) in [5, 5.41) is 8.93. The maximum Gasteiger partial charge on any atom is 0.244 e. The zero-order valence-electron chi connectivity index (χ0n) is 17.4. The van der Waals surface area contributed by atoms with Crippen LogP contribution in [0.25, 0.3) is 0 Å². The van der Waals surface area contributed by atoms with Crippen molar-refractivity contribution in [3.63, 3.8) is 0 Å². The Bertz CT molecular complexity index is 1050. The molecule has 1 amide bonds. The third kappa shape index (κ3) is 4.49. The van der Waals surface area contributed by atoms with E-state index in [1.807, 2.05) is 41.3 Å². The molecule has 0 N–H and O–H groups in total. The summed E-state index contributed by atoms with van der Waals surface area (Å²) in [7, 11) is -3.63. The SMILES string of the molecule is N#Cc1ccc(S(=O)(=O)N2CCN([C@H](C(=O)N3CCCC3)c3ccccc3)CC2)cc1. The first-order chi connectivity index (χ1) is 15.0. The Hall–Kier alpha value is -2.73. The van der Waals surface area contributed by atoms with Crippen molar-refractivity contribution >= 4 is 15.9 Å². The largest absolute Gasteiger partial charge is 0.341 e. The number of hydrogen-bond acceptors (Lipinski definition) is 5. The fraction of sp³-hybridized carbons (Fsp3) is 0.391. The van der Waals surface area contributed by atoms with Crippen LogP contribution in [-0.4, -0.2) is 67.7 Å². The van der Waals surface area contributed by atoms with E-state index in [1.54, 1.807) is 0 Å². The number of amides is 1. The predicted octanol–water partition coefficient (Wildman–Crippen LogP) is 2.23. The van der Waals surface area contributed by atoms with Gasteiger partial charge in [0.15, 0.2) is 0 Å². The predicted molar refractivity (Wildman–Crippen MR) is 116 cm³/mol. The van der Waals surface area contributed by atoms with Crippen molar-refractivity contribution in [3.8, 4) is 6.07 Å². The fourth-order valence-corrected chi connectivity index (χ4v) is 5.73. The number of piperazine rings is 1. The molecule has 2 fully saturated rings. The molecular formula is C23H26N4O3S. The molecular weight excluding hydrogens is 412 g/mol. The standard InChI is InChI=1S/C23H26N4O3S/c24-18-19-8-10-21(11-9-19)31(29,30)27-16-14-25(15-17-27)22(20-6-2-1-3-7-20)23(28)26-12-4-5-13-26/h1-3,6-11,22H,4-5,12-17H2/t22-/m0/s1. The van der Waals surface area contributed by atoms with Gasteiger partial charge in [-0.2, -0.15) is 9.57 Å². The zero-order valence-corrected chi connectivity index (χ0v) is 18.2. The number of nitrogens with zero attached hydrogens (tertiary/aromatic N) is 4. The highest BCUT2D eigenvalue weighted by Crippen LogP contribution is 2.28. The molecule has 2 aliphatic rings. The van der Waals surface area contributed by atoms with Gasteiger partial charge in [-0.3, -0.25) is 9.69 Å². The lowest BCUT2D eigenvalue weighted by Crippen LogP contribution is -2.52. The van der Waals surface area contributed by atoms with Crippen LogP contribution in [0.1, 0.15) is 30.0 Å². The summed E-state index contributed by atoms with van der Waals surface area (Å²) in [6.07, 6.45) is 2.06. The molecule has 2 heterocycles. The average Bonchev–Trinajstić information content (AvgIpc) is 3.35. The maximum atomic E-state index is 13.3. The molecule has 162 valence electrons. The lowest BCUT2D eigenvalue weighted by Gasteiger charge is -2.39. The van der Waals surface area contributed by atoms with E-state index in [9.17, 15) is 13.2 Å². The normalized spacial score (nSPS) is 19.1. The molecule has 0 aliphatic carbocycles. The van der Waals surface area contributed by atoms with E-state index in [4.69, 9.17) is 5.26 Å². The summed E-state index contributed by atoms with van der Waals surface area (Å²) in [4.78, 5) is 17.5. The third-order valence-corrected chi connectivity index (χ3v) is 7.94. The number of sulfonamides is 1. The average molecular weight is 439 g/mol. The first kappa shape index (κ1) is 21.5. The fourth-order valence-electron chi connectivity index (χ4n) is 4.31. The van der Waals surface area contributed by atoms with Gasteiger partial charge >= 0.3 is 0 Å². The van der Waals surface area contributed by atoms with Crippen LogP contribution in [0, 0.1) is 11.3 Å². The Morgan fingerprint density at radius 2 is 1.48 bits per heavy atom. The second kappa shape index (κ2) is 9.18. The number of rotatable bonds is 5. The van der Waals surface area contributed by atoms with Crippen LogP contribution in [0.5, 0.6) is 0 Å². The summed E-state index contributed by atoms with van der Waals surface area (Å²) in [5.41, 5.74) is 1.37. The number of benzene rings is 2. The van der Waals surface area contributed by atoms with Gasteiger partial charge in [0.2, 0.25) is 15.9 Å². The topological polar surface area (TPSA) is 84.7 Å². The van der Waals surface area contributed by atoms with E-state index < -0.39 is 10.0 Å². The maximum absolute atomic E-state index is 13.3. The van der Waals surface area contributed by atoms with Gasteiger partial charge in [0, 0.05) is 39.3 Å². The first-order valence-corrected chi connectivity index (χ1v) is 12.0. The number of hydrogen-bond donors (Lipinski definition) is 0. The Kier molecular flexibility index (Phi) is 6.37. The molecule has 0 aromatic heterocycles. The highest BCUT2D eigenvalue weighted by atomic mass is 32.2. The minimum Gasteiger partial charge on any atom is -0.341 e. The number of likely N-dealkylation sites (tertiary alicyclic amines) is 1. The smallest absolute Gasteiger partial charge is 0.244 e. The molecule has 0 spiro atoms. The number of carbonyl (C=O) groups is 1. The summed E-state index contributed by atoms with van der Waals surface area (Å²) >= 11 is 0. The van der Waals surface area contributed by atoms with Crippen LogP contribution in [0.4, 0.5) is 0 Å². The quantitative estimate of drug-likeness (QED) is 0.715. The summed E-state index contributed by atoms with van der Waals surface area (Å²) in [6.45, 7) is 3.17. The lowest BCUT2D eigenvalue weighted by molar-refractivity contribution is -0.136. The molecule has 2 aromatic rings. The van der Waals surface area contributed by atoms with Crippen LogP contribution < -0.4 is 0 Å². The molecule has 0 unspecified atom stereocenters. The van der Waals surface area contributed by atoms with E-state index in [0.717, 1.165) is 31.5 Å². The second-order valence-electron chi connectivity index (χ2n) is 7.92. The van der Waals surface area contributed by atoms with Crippen molar-refractivity contribution in [1.29, 1.82) is 5.26 Å². The van der Waals surface area contributed by atoms with Crippen LogP contribution in [0.3, 0.4) is 0 Å². The van der Waals surface area contributed by atoms with Gasteiger partial charge in [-0.25, -0.2) is 8.42 Å². The van der Waals surface area contributed by atoms with Gasteiger partial charge in [0.1, 0.15) is 6.04 Å². The minimum absolute atomic E-state index is 0.104. The van der Waals surface area contributed by atoms with Crippen LogP contribution in [0.15, 0.2) is 59.5 Å². The van der Waals surface area contributed by atoms with Crippen molar-refractivity contribution in [2.45, 2.75) is 23.8 Å². The van der Waals surface area contributed by atoms with Gasteiger partial charge in [-0.05, 0) is 42.7 Å². The molecule has 31 heavy (non-hydrogen) atoms. The lowest BCUT2D eigenvalue weighted by atomic mass is 10.0. The summed E-state index contributed by atoms with van der Waals surface area (Å²) in [6, 6.07) is 17.3. The van der Waals surface area contributed by atoms with Crippen molar-refractivity contribution in [2.75, 3.05) is 39.3 Å². The Morgan fingerprint density at radius 1 is 0.871 bits per heavy atom. The van der Waals surface area contributed by atoms with Gasteiger partial charge in [-0.1, -0.05) is 30.3 Å². The molecule has 1 atom stereocenters. The zero-order chi connectivity index (χ0) is 21.8. The highest BCUT2D eigenvalue weighted by Gasteiger charge is 2.36. The van der Waals surface area contributed by atoms with Crippen LogP contribution in [0.2, 0.25) is 0 Å². The number of nitriles is 1. The minimum atomic E-state index is -3.63. The van der Waals surface area contributed by atoms with Crippen LogP contribution in [-0.2, 0) is 14.8 Å². The van der Waals surface area contributed by atoms with Gasteiger partial charge in [-0.15, -0.1) is 0 Å². The van der Waals surface area contributed by atoms with E-state index >= 15 is 0 Å². The molecule has 4 rings (SSSR count). The molecule has 0 saturated carbocycles. The molecule has 7 nitrogen and oxygen atoms in total. The molecule has 8 heteroatoms. The third-order valence-electron chi connectivity index (χ3n) is 6.03. The monoisotopic (exact) mass is 438 g/mol. The highest BCUT2D eigenvalue weighted by molar-refractivity contribution is 7.89. The summed E-state index contributed by atoms with van der Waals surface area (Å²) < 4.78 is 27.5. The Balaban J connectivity index is 1.50. The van der Waals surface area contributed by atoms with E-state index in [1.165, 1.54) is 28.6 Å². The van der Waals surface area contributed by atoms with Crippen molar-refractivity contribution < 1.29 is 13.2 Å². The van der Waals surface area contributed by atoms with Gasteiger partial charge in [0.05, 0.1) is 16.5 Å². The first-order valence-electron chi connectivity index (χ1n) is 10.6. The van der Waals surface area contributed by atoms with Crippen LogP contribution >= 0.6 is 0 Å². The van der Waals surface area contributed by atoms with E-state index in [-0.39, 0.29) is 16.8 Å². The van der Waals surface area contributed by atoms with E-state index in [0.29, 0.717) is 31.7 Å². The summed E-state index contributed by atoms with van der Waals surface area (Å²) in [5.74, 6) is 0.104. The number of carbonyl (C=O) groups excluding carboxylic acids is 1. The van der Waals surface area contributed by atoms with Crippen molar-refractivity contribution in [2.24, 2.45) is 0 Å². The molecule has 0 bridgehead atoms. The van der Waals surface area contributed by atoms with E-state index in [2.05, 4.69) is 4.90 Å². The second-order valence-corrected chi connectivity index (χ2v) is 9.86. The Labute approximate surface area is 183 Å². The molecule has 2 aliphatic heterocycles. The molecule has 0 radical (unpaired) electrons. The van der Waals surface area contributed by atoms with Crippen molar-refractivity contribution in [3.05, 3.63) is 65.7 Å². The van der Waals surface area contributed by atoms with Gasteiger partial charge < -0.3 is 4.90 Å². The molecule has 2 saturated heterocycles. The molecule has 2 aromatic carbocycles. The Morgan fingerprint density at radius 3 is 2.06 bits per heavy atom. The van der Waals surface area contributed by atoms with Gasteiger partial charge in [0.25, 0.3) is 0 Å².